The van der Waals surface area contributed by atoms with E-state index in [4.69, 9.17) is 10.5 Å². The molecule has 4 heteroatoms. The van der Waals surface area contributed by atoms with E-state index in [1.165, 1.54) is 0 Å². The molecule has 0 fully saturated rings. The highest BCUT2D eigenvalue weighted by molar-refractivity contribution is 5.78. The molecule has 0 aliphatic carbocycles. The molecule has 0 heterocycles. The van der Waals surface area contributed by atoms with Gasteiger partial charge in [-0.25, -0.2) is 0 Å². The molecule has 0 aromatic heterocycles. The summed E-state index contributed by atoms with van der Waals surface area (Å²) in [5.74, 6) is -0.406. The van der Waals surface area contributed by atoms with Gasteiger partial charge in [0.25, 0.3) is 0 Å². The van der Waals surface area contributed by atoms with Crippen molar-refractivity contribution in [3.05, 3.63) is 0 Å². The number of hydrogen-bond acceptors (Lipinski definition) is 3. The molecule has 0 aliphatic heterocycles. The van der Waals surface area contributed by atoms with Gasteiger partial charge >= 0.3 is 0 Å². The molecule has 10 heavy (non-hydrogen) atoms. The van der Waals surface area contributed by atoms with Gasteiger partial charge in [-0.1, -0.05) is 0 Å². The van der Waals surface area contributed by atoms with Gasteiger partial charge in [0.15, 0.2) is 0 Å². The number of nitrogens with zero attached hydrogens (tertiary/aromatic N) is 2. The third-order valence-corrected chi connectivity index (χ3v) is 0.811. The average Bonchev–Trinajstić information content (AvgIpc) is 1.88. The summed E-state index contributed by atoms with van der Waals surface area (Å²) in [5, 5.41) is 18.5. The topological polar surface area (TPSA) is 76.7 Å². The Morgan fingerprint density at radius 1 is 1.70 bits per heavy atom. The molecule has 0 unspecified atom stereocenters. The molecule has 0 spiro atoms. The van der Waals surface area contributed by atoms with Crippen molar-refractivity contribution >= 4 is 5.91 Å². The molecule has 0 saturated carbocycles. The first-order valence-corrected chi connectivity index (χ1v) is 2.76. The zero-order valence-electron chi connectivity index (χ0n) is 5.59. The summed E-state index contributed by atoms with van der Waals surface area (Å²) in [5.41, 5.74) is 0. The Morgan fingerprint density at radius 2 is 2.30 bits per heavy atom. The largest absolute Gasteiger partial charge is 0.340 e. The monoisotopic (exact) mass is 137 g/mol. The molecular formula is C6H7N3O. The Labute approximate surface area is 59.1 Å². The fraction of sp³-hybridized carbons (Fsp3) is 0.500. The molecule has 0 aromatic carbocycles. The summed E-state index contributed by atoms with van der Waals surface area (Å²) >= 11 is 0. The highest BCUT2D eigenvalue weighted by Gasteiger charge is 2.03. The van der Waals surface area contributed by atoms with Crippen LogP contribution in [0.2, 0.25) is 0 Å². The first-order valence-electron chi connectivity index (χ1n) is 2.76. The maximum atomic E-state index is 10.5. The minimum atomic E-state index is -0.513. The second-order valence-electron chi connectivity index (χ2n) is 1.75. The molecule has 1 amide bonds. The Hall–Kier alpha value is -1.55. The Kier molecular flexibility index (Phi) is 3.67. The van der Waals surface area contributed by atoms with E-state index >= 15 is 0 Å². The van der Waals surface area contributed by atoms with Gasteiger partial charge in [0, 0.05) is 0 Å². The number of hydrogen-bond donors (Lipinski definition) is 1. The van der Waals surface area contributed by atoms with Crippen molar-refractivity contribution in [2.24, 2.45) is 0 Å². The zero-order valence-corrected chi connectivity index (χ0v) is 5.59. The molecule has 1 N–H and O–H groups in total. The van der Waals surface area contributed by atoms with Gasteiger partial charge in [-0.3, -0.25) is 4.79 Å². The van der Waals surface area contributed by atoms with Crippen LogP contribution in [0, 0.1) is 22.7 Å². The third-order valence-electron chi connectivity index (χ3n) is 0.811. The summed E-state index contributed by atoms with van der Waals surface area (Å²) < 4.78 is 0. The zero-order chi connectivity index (χ0) is 7.98. The van der Waals surface area contributed by atoms with Gasteiger partial charge in [0.1, 0.15) is 12.5 Å². The van der Waals surface area contributed by atoms with Crippen molar-refractivity contribution in [1.29, 1.82) is 10.5 Å². The lowest BCUT2D eigenvalue weighted by atomic mass is 10.3. The maximum Gasteiger partial charge on any atom is 0.235 e. The van der Waals surface area contributed by atoms with Crippen LogP contribution >= 0.6 is 0 Å². The van der Waals surface area contributed by atoms with Crippen LogP contribution in [-0.2, 0) is 4.79 Å². The van der Waals surface area contributed by atoms with E-state index < -0.39 is 11.9 Å². The summed E-state index contributed by atoms with van der Waals surface area (Å²) in [6.45, 7) is 1.55. The minimum Gasteiger partial charge on any atom is -0.340 e. The standard InChI is InChI=1S/C6H7N3O/c1-5(4-8)9-6(10)2-3-7/h5H,2H2,1H3,(H,9,10)/t5-/m1/s1. The molecule has 0 aromatic rings. The van der Waals surface area contributed by atoms with Gasteiger partial charge in [-0.2, -0.15) is 10.5 Å². The van der Waals surface area contributed by atoms with Crippen LogP contribution in [-0.4, -0.2) is 11.9 Å². The van der Waals surface area contributed by atoms with Crippen molar-refractivity contribution in [2.75, 3.05) is 0 Å². The third kappa shape index (κ3) is 3.45. The van der Waals surface area contributed by atoms with Gasteiger partial charge in [0.05, 0.1) is 12.1 Å². The normalized spacial score (nSPS) is 10.7. The lowest BCUT2D eigenvalue weighted by Gasteiger charge is -2.01. The first-order chi connectivity index (χ1) is 4.70. The van der Waals surface area contributed by atoms with E-state index in [2.05, 4.69) is 5.32 Å². The van der Waals surface area contributed by atoms with Crippen LogP contribution in [0.15, 0.2) is 0 Å². The second kappa shape index (κ2) is 4.34. The molecule has 4 nitrogen and oxygen atoms in total. The number of carbonyl (C=O) groups excluding carboxylic acids is 1. The molecule has 52 valence electrons. The number of rotatable bonds is 2. The predicted octanol–water partition coefficient (Wildman–Crippen LogP) is -0.0716. The summed E-state index contributed by atoms with van der Waals surface area (Å²) in [7, 11) is 0. The van der Waals surface area contributed by atoms with Crippen LogP contribution in [0.4, 0.5) is 0 Å². The van der Waals surface area contributed by atoms with Crippen LogP contribution in [0.1, 0.15) is 13.3 Å². The summed E-state index contributed by atoms with van der Waals surface area (Å²) in [6.07, 6.45) is -0.188. The molecule has 0 saturated heterocycles. The first kappa shape index (κ1) is 8.45. The molecular weight excluding hydrogens is 130 g/mol. The summed E-state index contributed by atoms with van der Waals surface area (Å²) in [4.78, 5) is 10.5. The van der Waals surface area contributed by atoms with E-state index in [9.17, 15) is 4.79 Å². The van der Waals surface area contributed by atoms with E-state index in [0.29, 0.717) is 0 Å². The fourth-order valence-corrected chi connectivity index (χ4v) is 0.397. The quantitative estimate of drug-likeness (QED) is 0.578. The van der Waals surface area contributed by atoms with Crippen molar-refractivity contribution in [2.45, 2.75) is 19.4 Å². The van der Waals surface area contributed by atoms with Crippen molar-refractivity contribution in [3.8, 4) is 12.1 Å². The van der Waals surface area contributed by atoms with Gasteiger partial charge in [0.2, 0.25) is 5.91 Å². The number of nitriles is 2. The lowest BCUT2D eigenvalue weighted by molar-refractivity contribution is -0.120. The minimum absolute atomic E-state index is 0.188. The summed E-state index contributed by atoms with van der Waals surface area (Å²) in [6, 6.07) is 2.98. The van der Waals surface area contributed by atoms with Crippen LogP contribution < -0.4 is 5.32 Å². The van der Waals surface area contributed by atoms with Crippen molar-refractivity contribution in [3.63, 3.8) is 0 Å². The van der Waals surface area contributed by atoms with Crippen molar-refractivity contribution < 1.29 is 4.79 Å². The van der Waals surface area contributed by atoms with E-state index in [1.807, 2.05) is 6.07 Å². The predicted molar refractivity (Wildman–Crippen MR) is 33.4 cm³/mol. The number of amides is 1. The van der Waals surface area contributed by atoms with Gasteiger partial charge < -0.3 is 5.32 Å². The number of nitrogens with one attached hydrogen (secondary N) is 1. The van der Waals surface area contributed by atoms with Crippen LogP contribution in [0.25, 0.3) is 0 Å². The smallest absolute Gasteiger partial charge is 0.235 e. The van der Waals surface area contributed by atoms with E-state index in [-0.39, 0.29) is 6.42 Å². The Bertz CT molecular complexity index is 198. The lowest BCUT2D eigenvalue weighted by Crippen LogP contribution is -2.30. The molecule has 0 rings (SSSR count). The average molecular weight is 137 g/mol. The van der Waals surface area contributed by atoms with E-state index in [0.717, 1.165) is 0 Å². The highest BCUT2D eigenvalue weighted by atomic mass is 16.1. The van der Waals surface area contributed by atoms with E-state index in [1.54, 1.807) is 13.0 Å². The van der Waals surface area contributed by atoms with Gasteiger partial charge in [-0.05, 0) is 6.92 Å². The fourth-order valence-electron chi connectivity index (χ4n) is 0.397. The van der Waals surface area contributed by atoms with Crippen LogP contribution in [0.5, 0.6) is 0 Å². The second-order valence-corrected chi connectivity index (χ2v) is 1.75. The molecule has 0 aliphatic rings. The highest BCUT2D eigenvalue weighted by Crippen LogP contribution is 1.80. The van der Waals surface area contributed by atoms with Gasteiger partial charge in [-0.15, -0.1) is 0 Å². The number of carbonyl (C=O) groups is 1. The SMILES string of the molecule is C[C@H](C#N)NC(=O)CC#N. The molecule has 1 atom stereocenters. The Morgan fingerprint density at radius 3 is 2.70 bits per heavy atom. The molecule has 0 radical (unpaired) electrons. The Balaban J connectivity index is 3.63. The molecule has 0 bridgehead atoms. The van der Waals surface area contributed by atoms with Crippen molar-refractivity contribution in [1.82, 2.24) is 5.32 Å². The van der Waals surface area contributed by atoms with Crippen LogP contribution in [0.3, 0.4) is 0 Å². The maximum absolute atomic E-state index is 10.5.